The van der Waals surface area contributed by atoms with Crippen molar-refractivity contribution in [3.05, 3.63) is 40.3 Å². The molecule has 2 aromatic rings. The van der Waals surface area contributed by atoms with E-state index in [9.17, 15) is 9.59 Å². The van der Waals surface area contributed by atoms with Crippen molar-refractivity contribution in [2.24, 2.45) is 18.1 Å². The van der Waals surface area contributed by atoms with Crippen molar-refractivity contribution in [2.45, 2.75) is 26.7 Å². The highest BCUT2D eigenvalue weighted by atomic mass is 16.2. The molecule has 0 fully saturated rings. The molecule has 0 atom stereocenters. The molecule has 0 saturated carbocycles. The van der Waals surface area contributed by atoms with Gasteiger partial charge in [0.1, 0.15) is 0 Å². The van der Waals surface area contributed by atoms with Crippen LogP contribution in [0.2, 0.25) is 0 Å². The minimum atomic E-state index is -0.422. The lowest BCUT2D eigenvalue weighted by molar-refractivity contribution is 0.0949. The van der Waals surface area contributed by atoms with Crippen molar-refractivity contribution < 1.29 is 4.79 Å². The Hall–Kier alpha value is -2.50. The van der Waals surface area contributed by atoms with Crippen molar-refractivity contribution in [1.29, 1.82) is 0 Å². The summed E-state index contributed by atoms with van der Waals surface area (Å²) in [5, 5.41) is 9.05. The Balaban J connectivity index is 2.33. The second-order valence-electron chi connectivity index (χ2n) is 5.12. The molecule has 0 bridgehead atoms. The average molecular weight is 300 g/mol. The lowest BCUT2D eigenvalue weighted by Gasteiger charge is -2.07. The van der Waals surface area contributed by atoms with Crippen molar-refractivity contribution in [2.75, 3.05) is 0 Å². The van der Waals surface area contributed by atoms with Crippen LogP contribution < -0.4 is 11.0 Å². The van der Waals surface area contributed by atoms with Gasteiger partial charge in [-0.3, -0.25) is 9.59 Å². The highest BCUT2D eigenvalue weighted by Crippen LogP contribution is 2.12. The Labute approximate surface area is 128 Å². The van der Waals surface area contributed by atoms with Crippen LogP contribution in [0.4, 0.5) is 0 Å². The van der Waals surface area contributed by atoms with E-state index in [-0.39, 0.29) is 11.3 Å². The van der Waals surface area contributed by atoms with Crippen LogP contribution in [-0.4, -0.2) is 21.9 Å². The fourth-order valence-corrected chi connectivity index (χ4v) is 2.22. The summed E-state index contributed by atoms with van der Waals surface area (Å²) in [5.74, 6) is -0.0841. The van der Waals surface area contributed by atoms with E-state index in [1.165, 1.54) is 11.7 Å². The standard InChI is InChI=1S/C16H20N4O2/c1-4-11(5-2)10-17-18-15(21)14-12-8-6-7-9-13(12)16(22)20(3)19-14/h6-11H,4-5H2,1-3H3,(H,18,21)/b17-10+. The largest absolute Gasteiger partial charge is 0.292 e. The van der Waals surface area contributed by atoms with Gasteiger partial charge in [0.2, 0.25) is 0 Å². The number of carbonyl (C=O) groups is 1. The van der Waals surface area contributed by atoms with E-state index in [1.54, 1.807) is 30.5 Å². The first-order valence-electron chi connectivity index (χ1n) is 7.38. The van der Waals surface area contributed by atoms with E-state index in [1.807, 2.05) is 0 Å². The van der Waals surface area contributed by atoms with Crippen LogP contribution in [0.5, 0.6) is 0 Å². The van der Waals surface area contributed by atoms with Crippen LogP contribution in [0, 0.1) is 5.92 Å². The predicted molar refractivity (Wildman–Crippen MR) is 87.0 cm³/mol. The number of carbonyl (C=O) groups excluding carboxylic acids is 1. The van der Waals surface area contributed by atoms with Gasteiger partial charge in [-0.1, -0.05) is 32.0 Å². The molecule has 1 aromatic heterocycles. The summed E-state index contributed by atoms with van der Waals surface area (Å²) >= 11 is 0. The summed E-state index contributed by atoms with van der Waals surface area (Å²) in [6, 6.07) is 6.93. The van der Waals surface area contributed by atoms with Crippen molar-refractivity contribution in [3.8, 4) is 0 Å². The molecule has 1 N–H and O–H groups in total. The van der Waals surface area contributed by atoms with E-state index in [4.69, 9.17) is 0 Å². The molecule has 0 aliphatic carbocycles. The number of nitrogens with one attached hydrogen (secondary N) is 1. The van der Waals surface area contributed by atoms with Gasteiger partial charge >= 0.3 is 0 Å². The number of hydrogen-bond acceptors (Lipinski definition) is 4. The van der Waals surface area contributed by atoms with Gasteiger partial charge in [-0.25, -0.2) is 10.1 Å². The molecule has 116 valence electrons. The van der Waals surface area contributed by atoms with Crippen LogP contribution in [0.15, 0.2) is 34.2 Å². The van der Waals surface area contributed by atoms with Gasteiger partial charge in [0.05, 0.1) is 5.39 Å². The maximum absolute atomic E-state index is 12.3. The fourth-order valence-electron chi connectivity index (χ4n) is 2.22. The number of rotatable bonds is 5. The number of fused-ring (bicyclic) bond motifs is 1. The number of hydrogen-bond donors (Lipinski definition) is 1. The molecular formula is C16H20N4O2. The van der Waals surface area contributed by atoms with Gasteiger partial charge in [-0.2, -0.15) is 10.2 Å². The molecule has 0 aliphatic rings. The molecular weight excluding hydrogens is 280 g/mol. The quantitative estimate of drug-likeness (QED) is 0.678. The van der Waals surface area contributed by atoms with Gasteiger partial charge in [0, 0.05) is 18.6 Å². The second kappa shape index (κ2) is 6.98. The smallest absolute Gasteiger partial charge is 0.267 e. The summed E-state index contributed by atoms with van der Waals surface area (Å²) in [6.07, 6.45) is 3.68. The average Bonchev–Trinajstić information content (AvgIpc) is 2.55. The monoisotopic (exact) mass is 300 g/mol. The number of aryl methyl sites for hydroxylation is 1. The normalized spacial score (nSPS) is 11.5. The van der Waals surface area contributed by atoms with Gasteiger partial charge in [0.15, 0.2) is 5.69 Å². The SMILES string of the molecule is CCC(/C=N/NC(=O)c1nn(C)c(=O)c2ccccc12)CC. The molecule has 6 heteroatoms. The Morgan fingerprint density at radius 2 is 1.95 bits per heavy atom. The number of nitrogens with zero attached hydrogens (tertiary/aromatic N) is 3. The highest BCUT2D eigenvalue weighted by Gasteiger charge is 2.14. The number of amides is 1. The summed E-state index contributed by atoms with van der Waals surface area (Å²) < 4.78 is 1.17. The second-order valence-corrected chi connectivity index (χ2v) is 5.12. The Bertz CT molecular complexity index is 760. The lowest BCUT2D eigenvalue weighted by atomic mass is 10.1. The van der Waals surface area contributed by atoms with Crippen LogP contribution in [0.1, 0.15) is 37.2 Å². The molecule has 0 spiro atoms. The van der Waals surface area contributed by atoms with Gasteiger partial charge < -0.3 is 0 Å². The molecule has 0 unspecified atom stereocenters. The van der Waals surface area contributed by atoms with E-state index < -0.39 is 5.91 Å². The summed E-state index contributed by atoms with van der Waals surface area (Å²) in [7, 11) is 1.53. The Morgan fingerprint density at radius 3 is 2.59 bits per heavy atom. The third-order valence-electron chi connectivity index (χ3n) is 3.67. The van der Waals surface area contributed by atoms with Crippen LogP contribution in [-0.2, 0) is 7.05 Å². The maximum Gasteiger partial charge on any atom is 0.292 e. The molecule has 1 heterocycles. The van der Waals surface area contributed by atoms with Gasteiger partial charge in [0.25, 0.3) is 11.5 Å². The van der Waals surface area contributed by atoms with Crippen LogP contribution in [0.25, 0.3) is 10.8 Å². The third kappa shape index (κ3) is 3.21. The van der Waals surface area contributed by atoms with Gasteiger partial charge in [-0.15, -0.1) is 0 Å². The lowest BCUT2D eigenvalue weighted by Crippen LogP contribution is -2.27. The minimum absolute atomic E-state index is 0.194. The molecule has 0 radical (unpaired) electrons. The topological polar surface area (TPSA) is 76.3 Å². The molecule has 22 heavy (non-hydrogen) atoms. The first kappa shape index (κ1) is 15.9. The summed E-state index contributed by atoms with van der Waals surface area (Å²) in [5.41, 5.74) is 2.45. The number of benzene rings is 1. The first-order valence-corrected chi connectivity index (χ1v) is 7.38. The zero-order valence-electron chi connectivity index (χ0n) is 13.0. The number of hydrazone groups is 1. The Kier molecular flexibility index (Phi) is 5.04. The molecule has 0 aliphatic heterocycles. The minimum Gasteiger partial charge on any atom is -0.267 e. The summed E-state index contributed by atoms with van der Waals surface area (Å²) in [6.45, 7) is 4.15. The molecule has 1 amide bonds. The van der Waals surface area contributed by atoms with E-state index >= 15 is 0 Å². The Morgan fingerprint density at radius 1 is 1.32 bits per heavy atom. The third-order valence-corrected chi connectivity index (χ3v) is 3.67. The van der Waals surface area contributed by atoms with E-state index in [0.717, 1.165) is 12.8 Å². The van der Waals surface area contributed by atoms with Crippen LogP contribution in [0.3, 0.4) is 0 Å². The molecule has 2 rings (SSSR count). The highest BCUT2D eigenvalue weighted by molar-refractivity contribution is 6.04. The zero-order chi connectivity index (χ0) is 16.1. The maximum atomic E-state index is 12.3. The number of aromatic nitrogens is 2. The van der Waals surface area contributed by atoms with Crippen LogP contribution >= 0.6 is 0 Å². The van der Waals surface area contributed by atoms with Gasteiger partial charge in [-0.05, 0) is 24.8 Å². The fraction of sp³-hybridized carbons (Fsp3) is 0.375. The predicted octanol–water partition coefficient (Wildman–Crippen LogP) is 2.09. The summed E-state index contributed by atoms with van der Waals surface area (Å²) in [4.78, 5) is 24.3. The van der Waals surface area contributed by atoms with Crippen molar-refractivity contribution >= 4 is 22.9 Å². The van der Waals surface area contributed by atoms with E-state index in [0.29, 0.717) is 16.7 Å². The first-order chi connectivity index (χ1) is 10.6. The molecule has 1 aromatic carbocycles. The van der Waals surface area contributed by atoms with Crippen molar-refractivity contribution in [3.63, 3.8) is 0 Å². The molecule has 0 saturated heterocycles. The zero-order valence-corrected chi connectivity index (χ0v) is 13.0. The van der Waals surface area contributed by atoms with E-state index in [2.05, 4.69) is 29.5 Å². The molecule has 6 nitrogen and oxygen atoms in total. The van der Waals surface area contributed by atoms with Crippen molar-refractivity contribution in [1.82, 2.24) is 15.2 Å².